The number of nitrogens with two attached hydrogens (primary N) is 1. The van der Waals surface area contributed by atoms with E-state index in [-0.39, 0.29) is 36.8 Å². The van der Waals surface area contributed by atoms with Crippen molar-refractivity contribution in [2.45, 2.75) is 56.6 Å². The number of carbonyl (C=O) groups is 2. The highest BCUT2D eigenvalue weighted by molar-refractivity contribution is 5.99. The van der Waals surface area contributed by atoms with Crippen LogP contribution in [0.1, 0.15) is 58.6 Å². The highest BCUT2D eigenvalue weighted by Gasteiger charge is 2.56. The first-order chi connectivity index (χ1) is 17.5. The van der Waals surface area contributed by atoms with Gasteiger partial charge in [-0.25, -0.2) is 13.2 Å². The summed E-state index contributed by atoms with van der Waals surface area (Å²) in [5.41, 5.74) is 2.28. The van der Waals surface area contributed by atoms with E-state index in [1.165, 1.54) is 21.6 Å². The third-order valence-electron chi connectivity index (χ3n) is 7.60. The van der Waals surface area contributed by atoms with Gasteiger partial charge in [0, 0.05) is 43.9 Å². The second kappa shape index (κ2) is 8.85. The van der Waals surface area contributed by atoms with Crippen LogP contribution >= 0.6 is 0 Å². The number of carbonyl (C=O) groups excluding carboxylic acids is 2. The van der Waals surface area contributed by atoms with Crippen LogP contribution in [0.4, 0.5) is 13.2 Å². The van der Waals surface area contributed by atoms with Crippen LogP contribution in [-0.4, -0.2) is 63.0 Å². The molecule has 0 radical (unpaired) electrons. The molecule has 3 N–H and O–H groups in total. The van der Waals surface area contributed by atoms with Crippen LogP contribution in [0.25, 0.3) is 0 Å². The number of pyridine rings is 1. The Morgan fingerprint density at radius 2 is 1.95 bits per heavy atom. The van der Waals surface area contributed by atoms with Crippen LogP contribution in [0, 0.1) is 17.5 Å². The number of benzene rings is 1. The van der Waals surface area contributed by atoms with Crippen molar-refractivity contribution in [3.63, 3.8) is 0 Å². The quantitative estimate of drug-likeness (QED) is 0.587. The van der Waals surface area contributed by atoms with Crippen LogP contribution in [-0.2, 0) is 16.1 Å². The normalized spacial score (nSPS) is 27.4. The van der Waals surface area contributed by atoms with Gasteiger partial charge in [-0.3, -0.25) is 19.2 Å². The van der Waals surface area contributed by atoms with Gasteiger partial charge in [0.05, 0.1) is 12.6 Å². The average Bonchev–Trinajstić information content (AvgIpc) is 3.15. The molecule has 2 fully saturated rings. The zero-order chi connectivity index (χ0) is 26.8. The first-order valence-corrected chi connectivity index (χ1v) is 11.7. The minimum Gasteiger partial charge on any atom is -0.503 e. The van der Waals surface area contributed by atoms with E-state index in [1.54, 1.807) is 0 Å². The van der Waals surface area contributed by atoms with E-state index in [4.69, 9.17) is 15.3 Å². The number of primary amides is 1. The molecule has 2 saturated heterocycles. The Hall–Kier alpha value is -3.42. The van der Waals surface area contributed by atoms with E-state index in [2.05, 4.69) is 0 Å². The van der Waals surface area contributed by atoms with Crippen molar-refractivity contribution < 1.29 is 37.4 Å². The van der Waals surface area contributed by atoms with Gasteiger partial charge in [0.1, 0.15) is 23.2 Å². The second-order valence-electron chi connectivity index (χ2n) is 9.69. The van der Waals surface area contributed by atoms with E-state index < -0.39 is 63.9 Å². The Labute approximate surface area is 208 Å². The molecule has 4 heterocycles. The van der Waals surface area contributed by atoms with Crippen molar-refractivity contribution in [1.29, 1.82) is 0 Å². The minimum absolute atomic E-state index is 0.122. The number of halogens is 3. The van der Waals surface area contributed by atoms with E-state index in [1.807, 2.05) is 6.92 Å². The van der Waals surface area contributed by atoms with Crippen molar-refractivity contribution in [1.82, 2.24) is 14.5 Å². The number of ether oxygens (including phenoxy) is 1. The molecule has 3 aliphatic heterocycles. The summed E-state index contributed by atoms with van der Waals surface area (Å²) in [6.07, 6.45) is 1.50. The van der Waals surface area contributed by atoms with Crippen LogP contribution in [0.2, 0.25) is 0 Å². The monoisotopic (exact) mass is 522 g/mol. The molecule has 37 heavy (non-hydrogen) atoms. The molecule has 4 atom stereocenters. The number of rotatable bonds is 4. The lowest BCUT2D eigenvalue weighted by Gasteiger charge is -2.42. The molecule has 2 amide bonds. The molecular formula is C24H25F3N4O6. The lowest BCUT2D eigenvalue weighted by atomic mass is 9.85. The van der Waals surface area contributed by atoms with Crippen molar-refractivity contribution >= 4 is 11.8 Å². The number of fused-ring (bicyclic) bond motifs is 5. The van der Waals surface area contributed by atoms with Gasteiger partial charge in [-0.15, -0.1) is 0 Å². The van der Waals surface area contributed by atoms with Crippen molar-refractivity contribution in [2.24, 2.45) is 5.73 Å². The standard InChI is InChI=1S/C24H25F3N4O6/c1-11-3-4-24(7-18(36-2)31(37-24)8-12-5-15(26)16(27)6-14(12)25)17-10-29(11)23(35)19-21(33)20(32)13(22(28)34)9-30(17)19/h5-6,9,11,17-18,33H,3-4,7-8,10H2,1-2H3,(H2,28,34)/t11-,17+,18?,24-/m0/s1. The minimum atomic E-state index is -1.32. The lowest BCUT2D eigenvalue weighted by Crippen LogP contribution is -2.52. The van der Waals surface area contributed by atoms with Gasteiger partial charge in [0.25, 0.3) is 11.8 Å². The Morgan fingerprint density at radius 1 is 1.24 bits per heavy atom. The fourth-order valence-corrected chi connectivity index (χ4v) is 5.58. The molecule has 1 unspecified atom stereocenters. The molecule has 13 heteroatoms. The molecule has 0 aliphatic carbocycles. The van der Waals surface area contributed by atoms with E-state index in [0.717, 1.165) is 12.3 Å². The predicted molar refractivity (Wildman–Crippen MR) is 121 cm³/mol. The number of aromatic hydroxyl groups is 1. The molecule has 2 aromatic rings. The van der Waals surface area contributed by atoms with Gasteiger partial charge in [-0.2, -0.15) is 5.06 Å². The molecule has 1 aromatic heterocycles. The summed E-state index contributed by atoms with van der Waals surface area (Å²) >= 11 is 0. The topological polar surface area (TPSA) is 127 Å². The number of hydrogen-bond donors (Lipinski definition) is 2. The first kappa shape index (κ1) is 25.2. The molecule has 1 aromatic carbocycles. The number of hydrogen-bond acceptors (Lipinski definition) is 7. The largest absolute Gasteiger partial charge is 0.503 e. The summed E-state index contributed by atoms with van der Waals surface area (Å²) < 4.78 is 48.7. The Balaban J connectivity index is 1.61. The lowest BCUT2D eigenvalue weighted by molar-refractivity contribution is -0.252. The third-order valence-corrected chi connectivity index (χ3v) is 7.60. The zero-order valence-electron chi connectivity index (χ0n) is 20.0. The number of amides is 2. The maximum absolute atomic E-state index is 14.4. The summed E-state index contributed by atoms with van der Waals surface area (Å²) in [6.45, 7) is 1.67. The maximum atomic E-state index is 14.4. The number of hydroxylamine groups is 2. The summed E-state index contributed by atoms with van der Waals surface area (Å²) in [5.74, 6) is -6.02. The van der Waals surface area contributed by atoms with Gasteiger partial charge in [-0.05, 0) is 25.8 Å². The van der Waals surface area contributed by atoms with Gasteiger partial charge < -0.3 is 25.0 Å². The molecule has 3 aliphatic rings. The van der Waals surface area contributed by atoms with Crippen LogP contribution in [0.5, 0.6) is 5.75 Å². The van der Waals surface area contributed by atoms with Gasteiger partial charge in [-0.1, -0.05) is 0 Å². The molecule has 1 spiro atoms. The van der Waals surface area contributed by atoms with Crippen LogP contribution in [0.3, 0.4) is 0 Å². The molecule has 10 nitrogen and oxygen atoms in total. The summed E-state index contributed by atoms with van der Waals surface area (Å²) in [6, 6.07) is 0.221. The Kier molecular flexibility index (Phi) is 6.04. The highest BCUT2D eigenvalue weighted by Crippen LogP contribution is 2.49. The van der Waals surface area contributed by atoms with Crippen LogP contribution < -0.4 is 11.2 Å². The number of methoxy groups -OCH3 is 1. The third kappa shape index (κ3) is 3.88. The van der Waals surface area contributed by atoms with E-state index >= 15 is 0 Å². The van der Waals surface area contributed by atoms with Crippen LogP contribution in [0.15, 0.2) is 23.1 Å². The fourth-order valence-electron chi connectivity index (χ4n) is 5.58. The molecule has 5 rings (SSSR count). The Bertz CT molecular complexity index is 1370. The predicted octanol–water partition coefficient (Wildman–Crippen LogP) is 1.80. The van der Waals surface area contributed by atoms with Crippen molar-refractivity contribution in [3.05, 3.63) is 62.8 Å². The maximum Gasteiger partial charge on any atom is 0.274 e. The van der Waals surface area contributed by atoms with E-state index in [0.29, 0.717) is 18.9 Å². The summed E-state index contributed by atoms with van der Waals surface area (Å²) in [4.78, 5) is 45.7. The molecule has 2 bridgehead atoms. The van der Waals surface area contributed by atoms with Crippen molar-refractivity contribution in [2.75, 3.05) is 13.7 Å². The molecular weight excluding hydrogens is 497 g/mol. The van der Waals surface area contributed by atoms with E-state index in [9.17, 15) is 32.7 Å². The van der Waals surface area contributed by atoms with Gasteiger partial charge >= 0.3 is 0 Å². The zero-order valence-corrected chi connectivity index (χ0v) is 20.0. The SMILES string of the molecule is COC1C[C@]2(CC[C@H](C)N3C[C@H]2n2cc(C(N)=O)c(=O)c(O)c2C3=O)ON1Cc1cc(F)c(F)cc1F. The van der Waals surface area contributed by atoms with Gasteiger partial charge in [0.15, 0.2) is 23.1 Å². The average molecular weight is 522 g/mol. The summed E-state index contributed by atoms with van der Waals surface area (Å²) in [5, 5.41) is 12.0. The molecule has 0 saturated carbocycles. The smallest absolute Gasteiger partial charge is 0.274 e. The first-order valence-electron chi connectivity index (χ1n) is 11.7. The Morgan fingerprint density at radius 3 is 2.62 bits per heavy atom. The summed E-state index contributed by atoms with van der Waals surface area (Å²) in [7, 11) is 1.42. The second-order valence-corrected chi connectivity index (χ2v) is 9.69. The number of nitrogens with zero attached hydrogens (tertiary/aromatic N) is 3. The van der Waals surface area contributed by atoms with Gasteiger partial charge in [0.2, 0.25) is 5.43 Å². The number of aromatic nitrogens is 1. The molecule has 198 valence electrons. The van der Waals surface area contributed by atoms with Crippen molar-refractivity contribution in [3.8, 4) is 5.75 Å². The highest BCUT2D eigenvalue weighted by atomic mass is 19.2. The fraction of sp³-hybridized carbons (Fsp3) is 0.458.